The van der Waals surface area contributed by atoms with E-state index >= 15 is 0 Å². The van der Waals surface area contributed by atoms with E-state index in [1.807, 2.05) is 82.5 Å². The molecule has 2 aromatic carbocycles. The van der Waals surface area contributed by atoms with Crippen molar-refractivity contribution in [3.8, 4) is 0 Å². The highest BCUT2D eigenvalue weighted by molar-refractivity contribution is 7.98. The molecule has 1 aliphatic heterocycles. The maximum absolute atomic E-state index is 12.3. The van der Waals surface area contributed by atoms with Gasteiger partial charge in [-0.25, -0.2) is 4.79 Å². The summed E-state index contributed by atoms with van der Waals surface area (Å²) in [7, 11) is -0.558. The molecule has 31 heavy (non-hydrogen) atoms. The molecular formula is C24H30BNO4S. The highest BCUT2D eigenvalue weighted by Gasteiger charge is 2.52. The molecule has 164 valence electrons. The van der Waals surface area contributed by atoms with Gasteiger partial charge in [0.2, 0.25) is 0 Å². The topological polar surface area (TPSA) is 56.8 Å². The van der Waals surface area contributed by atoms with Gasteiger partial charge in [-0.2, -0.15) is 0 Å². The number of hydrogen-bond donors (Lipinski definition) is 1. The molecule has 1 fully saturated rings. The van der Waals surface area contributed by atoms with E-state index in [1.165, 1.54) is 0 Å². The van der Waals surface area contributed by atoms with E-state index in [0.717, 1.165) is 21.5 Å². The molecule has 2 aromatic rings. The van der Waals surface area contributed by atoms with Crippen LogP contribution >= 0.6 is 11.8 Å². The van der Waals surface area contributed by atoms with Gasteiger partial charge in [0.15, 0.2) is 0 Å². The molecule has 0 aromatic heterocycles. The first kappa shape index (κ1) is 23.4. The van der Waals surface area contributed by atoms with Gasteiger partial charge in [-0.15, -0.1) is 11.8 Å². The van der Waals surface area contributed by atoms with E-state index in [-0.39, 0.29) is 13.2 Å². The second-order valence-corrected chi connectivity index (χ2v) is 9.38. The summed E-state index contributed by atoms with van der Waals surface area (Å²) in [6, 6.07) is 17.8. The van der Waals surface area contributed by atoms with Crippen LogP contribution in [0, 0.1) is 0 Å². The molecule has 0 saturated carbocycles. The van der Waals surface area contributed by atoms with E-state index in [0.29, 0.717) is 0 Å². The van der Waals surface area contributed by atoms with Gasteiger partial charge < -0.3 is 19.4 Å². The zero-order chi connectivity index (χ0) is 22.5. The molecule has 5 nitrogen and oxygen atoms in total. The predicted molar refractivity (Wildman–Crippen MR) is 127 cm³/mol. The first-order valence-corrected chi connectivity index (χ1v) is 11.6. The first-order chi connectivity index (χ1) is 14.7. The van der Waals surface area contributed by atoms with Crippen LogP contribution in [-0.2, 0) is 20.7 Å². The molecule has 0 aliphatic carbocycles. The Kier molecular flexibility index (Phi) is 7.52. The number of rotatable bonds is 7. The Morgan fingerprint density at radius 2 is 1.74 bits per heavy atom. The van der Waals surface area contributed by atoms with Crippen LogP contribution in [0.5, 0.6) is 0 Å². The summed E-state index contributed by atoms with van der Waals surface area (Å²) < 4.78 is 17.8. The summed E-state index contributed by atoms with van der Waals surface area (Å²) >= 11 is 1.68. The van der Waals surface area contributed by atoms with E-state index in [2.05, 4.69) is 17.4 Å². The SMILES string of the molecule is CSc1cccc(C=C(CNC(=O)OCc2ccccc2)B2OC(C)(C)C(C)(C)O2)c1. The summed E-state index contributed by atoms with van der Waals surface area (Å²) in [6.45, 7) is 8.54. The van der Waals surface area contributed by atoms with Crippen molar-refractivity contribution < 1.29 is 18.8 Å². The van der Waals surface area contributed by atoms with Crippen molar-refractivity contribution in [3.05, 3.63) is 71.2 Å². The molecule has 0 bridgehead atoms. The molecule has 0 atom stereocenters. The smallest absolute Gasteiger partial charge is 0.445 e. The van der Waals surface area contributed by atoms with Gasteiger partial charge in [0, 0.05) is 11.4 Å². The maximum Gasteiger partial charge on any atom is 0.492 e. The Morgan fingerprint density at radius 3 is 2.39 bits per heavy atom. The Bertz CT molecular complexity index is 914. The van der Waals surface area contributed by atoms with Gasteiger partial charge >= 0.3 is 13.2 Å². The second kappa shape index (κ2) is 9.94. The second-order valence-electron chi connectivity index (χ2n) is 8.50. The number of carbonyl (C=O) groups excluding carboxylic acids is 1. The van der Waals surface area contributed by atoms with Crippen LogP contribution in [0.25, 0.3) is 6.08 Å². The van der Waals surface area contributed by atoms with Crippen molar-refractivity contribution in [3.63, 3.8) is 0 Å². The Labute approximate surface area is 189 Å². The van der Waals surface area contributed by atoms with Gasteiger partial charge in [0.25, 0.3) is 0 Å². The van der Waals surface area contributed by atoms with Gasteiger partial charge in [0.1, 0.15) is 6.61 Å². The maximum atomic E-state index is 12.3. The van der Waals surface area contributed by atoms with Crippen molar-refractivity contribution in [2.24, 2.45) is 0 Å². The Morgan fingerprint density at radius 1 is 1.06 bits per heavy atom. The van der Waals surface area contributed by atoms with Crippen molar-refractivity contribution in [2.45, 2.75) is 50.4 Å². The Balaban J connectivity index is 1.73. The third-order valence-corrected chi connectivity index (χ3v) is 6.38. The summed E-state index contributed by atoms with van der Waals surface area (Å²) in [4.78, 5) is 13.5. The third-order valence-electron chi connectivity index (χ3n) is 5.65. The molecule has 1 amide bonds. The number of hydrogen-bond acceptors (Lipinski definition) is 5. The first-order valence-electron chi connectivity index (χ1n) is 10.3. The number of benzene rings is 2. The van der Waals surface area contributed by atoms with Gasteiger partial charge in [0.05, 0.1) is 11.2 Å². The summed E-state index contributed by atoms with van der Waals surface area (Å²) in [5.74, 6) is 0. The summed E-state index contributed by atoms with van der Waals surface area (Å²) in [5, 5.41) is 2.84. The molecule has 7 heteroatoms. The normalized spacial score (nSPS) is 17.5. The van der Waals surface area contributed by atoms with E-state index < -0.39 is 24.4 Å². The van der Waals surface area contributed by atoms with Crippen LogP contribution < -0.4 is 5.32 Å². The lowest BCUT2D eigenvalue weighted by atomic mass is 9.77. The predicted octanol–water partition coefficient (Wildman–Crippen LogP) is 5.35. The zero-order valence-corrected chi connectivity index (χ0v) is 19.6. The van der Waals surface area contributed by atoms with Crippen LogP contribution in [0.15, 0.2) is 65.0 Å². The quantitative estimate of drug-likeness (QED) is 0.466. The number of thioether (sulfide) groups is 1. The van der Waals surface area contributed by atoms with Crippen LogP contribution in [0.4, 0.5) is 4.79 Å². The Hall–Kier alpha value is -2.22. The number of ether oxygens (including phenoxy) is 1. The molecule has 0 unspecified atom stereocenters. The average Bonchev–Trinajstić information content (AvgIpc) is 2.97. The van der Waals surface area contributed by atoms with Crippen molar-refractivity contribution in [2.75, 3.05) is 12.8 Å². The minimum Gasteiger partial charge on any atom is -0.445 e. The van der Waals surface area contributed by atoms with Crippen molar-refractivity contribution in [1.29, 1.82) is 0 Å². The molecule has 3 rings (SSSR count). The minimum absolute atomic E-state index is 0.220. The van der Waals surface area contributed by atoms with E-state index in [4.69, 9.17) is 14.0 Å². The minimum atomic E-state index is -0.558. The number of carbonyl (C=O) groups is 1. The molecule has 1 N–H and O–H groups in total. The highest BCUT2D eigenvalue weighted by atomic mass is 32.2. The molecule has 1 heterocycles. The molecular weight excluding hydrogens is 409 g/mol. The molecule has 0 spiro atoms. The van der Waals surface area contributed by atoms with Crippen LogP contribution in [0.3, 0.4) is 0 Å². The molecule has 0 radical (unpaired) electrons. The fourth-order valence-corrected chi connectivity index (χ4v) is 3.56. The molecule has 1 aliphatic rings. The van der Waals surface area contributed by atoms with Gasteiger partial charge in [-0.1, -0.05) is 48.5 Å². The van der Waals surface area contributed by atoms with Gasteiger partial charge in [-0.3, -0.25) is 0 Å². The zero-order valence-electron chi connectivity index (χ0n) is 18.8. The van der Waals surface area contributed by atoms with E-state index in [1.54, 1.807) is 11.8 Å². The summed E-state index contributed by atoms with van der Waals surface area (Å²) in [5.41, 5.74) is 1.86. The fourth-order valence-electron chi connectivity index (χ4n) is 3.09. The lowest BCUT2D eigenvalue weighted by Gasteiger charge is -2.32. The van der Waals surface area contributed by atoms with Crippen molar-refractivity contribution >= 4 is 31.0 Å². The largest absolute Gasteiger partial charge is 0.492 e. The van der Waals surface area contributed by atoms with Crippen LogP contribution in [-0.4, -0.2) is 37.2 Å². The number of amides is 1. The third kappa shape index (κ3) is 6.15. The number of nitrogens with one attached hydrogen (secondary N) is 1. The van der Waals surface area contributed by atoms with E-state index in [9.17, 15) is 4.79 Å². The highest BCUT2D eigenvalue weighted by Crippen LogP contribution is 2.38. The lowest BCUT2D eigenvalue weighted by Crippen LogP contribution is -2.41. The van der Waals surface area contributed by atoms with Crippen molar-refractivity contribution in [1.82, 2.24) is 5.32 Å². The lowest BCUT2D eigenvalue weighted by molar-refractivity contribution is 0.00578. The number of alkyl carbamates (subject to hydrolysis) is 1. The van der Waals surface area contributed by atoms with Crippen LogP contribution in [0.1, 0.15) is 38.8 Å². The average molecular weight is 439 g/mol. The van der Waals surface area contributed by atoms with Gasteiger partial charge in [-0.05, 0) is 62.7 Å². The summed E-state index contributed by atoms with van der Waals surface area (Å²) in [6.07, 6.45) is 3.57. The fraction of sp³-hybridized carbons (Fsp3) is 0.375. The molecule has 1 saturated heterocycles. The monoisotopic (exact) mass is 439 g/mol. The van der Waals surface area contributed by atoms with Crippen LogP contribution in [0.2, 0.25) is 0 Å². The standard InChI is InChI=1S/C24H30BNO4S/c1-23(2)24(3,4)30-25(29-23)20(14-19-12-9-13-21(15-19)31-5)16-26-22(27)28-17-18-10-7-6-8-11-18/h6-15H,16-17H2,1-5H3,(H,26,27).